The Kier molecular flexibility index (Phi) is 11.6. The van der Waals surface area contributed by atoms with Gasteiger partial charge in [-0.05, 0) is 57.1 Å². The number of hydrogen-bond donors (Lipinski definition) is 3. The number of sulfonamides is 1. The SMILES string of the molecule is CCc1cc(Nc2ncc(Cl)c(Nc3ccc(OC)cc3N(C)S(C)(=O)=O)n2)c(OC)cc1N1CCC(N(C)CCNC)CC1. The maximum atomic E-state index is 12.4. The Balaban J connectivity index is 1.57. The number of likely N-dealkylation sites (N-methyl/N-ethyl adjacent to an activating group) is 2. The Morgan fingerprint density at radius 1 is 1.07 bits per heavy atom. The summed E-state index contributed by atoms with van der Waals surface area (Å²) in [5.41, 5.74) is 3.95. The zero-order valence-electron chi connectivity index (χ0n) is 27.1. The van der Waals surface area contributed by atoms with Crippen LogP contribution in [0.4, 0.5) is 34.5 Å². The van der Waals surface area contributed by atoms with Crippen molar-refractivity contribution in [2.75, 3.05) is 87.6 Å². The monoisotopic (exact) mass is 660 g/mol. The lowest BCUT2D eigenvalue weighted by Gasteiger charge is -2.38. The number of benzene rings is 2. The van der Waals surface area contributed by atoms with Gasteiger partial charge < -0.3 is 35.2 Å². The molecule has 0 amide bonds. The van der Waals surface area contributed by atoms with Crippen LogP contribution in [0.2, 0.25) is 5.02 Å². The molecule has 3 N–H and O–H groups in total. The Bertz CT molecular complexity index is 1570. The number of anilines is 6. The van der Waals surface area contributed by atoms with Gasteiger partial charge in [0.25, 0.3) is 0 Å². The van der Waals surface area contributed by atoms with Gasteiger partial charge in [0.2, 0.25) is 16.0 Å². The maximum Gasteiger partial charge on any atom is 0.232 e. The molecule has 12 nitrogen and oxygen atoms in total. The molecule has 0 radical (unpaired) electrons. The van der Waals surface area contributed by atoms with Crippen molar-refractivity contribution in [2.45, 2.75) is 32.2 Å². The quantitative estimate of drug-likeness (QED) is 0.223. The molecule has 246 valence electrons. The zero-order valence-corrected chi connectivity index (χ0v) is 28.7. The number of rotatable bonds is 14. The summed E-state index contributed by atoms with van der Waals surface area (Å²) < 4.78 is 37.0. The lowest BCUT2D eigenvalue weighted by atomic mass is 10.0. The number of halogens is 1. The second kappa shape index (κ2) is 15.2. The Hall–Kier alpha value is -3.52. The summed E-state index contributed by atoms with van der Waals surface area (Å²) >= 11 is 6.49. The second-order valence-electron chi connectivity index (χ2n) is 11.1. The molecule has 1 aliphatic rings. The van der Waals surface area contributed by atoms with Gasteiger partial charge in [0.15, 0.2) is 5.82 Å². The molecule has 1 aliphatic heterocycles. The minimum Gasteiger partial charge on any atom is -0.497 e. The van der Waals surface area contributed by atoms with Gasteiger partial charge in [0, 0.05) is 57.1 Å². The fourth-order valence-electron chi connectivity index (χ4n) is 5.42. The third kappa shape index (κ3) is 8.40. The van der Waals surface area contributed by atoms with E-state index in [1.54, 1.807) is 25.3 Å². The molecule has 0 unspecified atom stereocenters. The molecule has 45 heavy (non-hydrogen) atoms. The van der Waals surface area contributed by atoms with E-state index in [4.69, 9.17) is 21.1 Å². The number of aryl methyl sites for hydroxylation is 1. The van der Waals surface area contributed by atoms with Crippen LogP contribution in [0.3, 0.4) is 0 Å². The van der Waals surface area contributed by atoms with Crippen LogP contribution in [0.1, 0.15) is 25.3 Å². The Morgan fingerprint density at radius 2 is 1.80 bits per heavy atom. The average molecular weight is 661 g/mol. The number of nitrogens with one attached hydrogen (secondary N) is 3. The molecule has 3 aromatic rings. The fraction of sp³-hybridized carbons (Fsp3) is 0.484. The van der Waals surface area contributed by atoms with E-state index in [0.717, 1.165) is 61.7 Å². The standard InChI is InChI=1S/C31H45ClN8O4S/c1-8-21-17-26(29(44-6)19-27(21)40-14-11-22(12-15-40)38(3)16-13-33-2)36-31-34-20-24(32)30(37-31)35-25-10-9-23(43-5)18-28(25)39(4)45(7,41)42/h9-10,17-20,22,33H,8,11-16H2,1-7H3,(H2,34,35,36,37). The van der Waals surface area contributed by atoms with Crippen molar-refractivity contribution in [3.63, 3.8) is 0 Å². The molecular formula is C31H45ClN8O4S. The van der Waals surface area contributed by atoms with Crippen LogP contribution < -0.4 is 34.6 Å². The van der Waals surface area contributed by atoms with Gasteiger partial charge in [0.1, 0.15) is 16.5 Å². The van der Waals surface area contributed by atoms with Crippen molar-refractivity contribution in [3.05, 3.63) is 47.1 Å². The third-order valence-electron chi connectivity index (χ3n) is 8.21. The van der Waals surface area contributed by atoms with Gasteiger partial charge in [-0.3, -0.25) is 4.31 Å². The van der Waals surface area contributed by atoms with Gasteiger partial charge in [0.05, 0.1) is 43.7 Å². The smallest absolute Gasteiger partial charge is 0.232 e. The van der Waals surface area contributed by atoms with E-state index in [1.807, 2.05) is 7.05 Å². The normalized spacial score (nSPS) is 14.0. The molecule has 2 heterocycles. The first-order valence-electron chi connectivity index (χ1n) is 15.0. The van der Waals surface area contributed by atoms with Crippen molar-refractivity contribution in [2.24, 2.45) is 0 Å². The summed E-state index contributed by atoms with van der Waals surface area (Å²) in [6, 6.07) is 9.81. The first-order valence-corrected chi connectivity index (χ1v) is 17.2. The van der Waals surface area contributed by atoms with Crippen LogP contribution in [-0.2, 0) is 16.4 Å². The summed E-state index contributed by atoms with van der Waals surface area (Å²) in [5, 5.41) is 9.97. The molecule has 0 spiro atoms. The summed E-state index contributed by atoms with van der Waals surface area (Å²) in [4.78, 5) is 13.9. The number of aromatic nitrogens is 2. The number of ether oxygens (including phenoxy) is 2. The van der Waals surface area contributed by atoms with E-state index in [-0.39, 0.29) is 5.02 Å². The number of nitrogens with zero attached hydrogens (tertiary/aromatic N) is 5. The minimum atomic E-state index is -3.55. The van der Waals surface area contributed by atoms with Crippen molar-refractivity contribution in [1.29, 1.82) is 0 Å². The first kappa shape index (κ1) is 34.4. The summed E-state index contributed by atoms with van der Waals surface area (Å²) in [6.07, 6.45) is 5.68. The van der Waals surface area contributed by atoms with E-state index in [9.17, 15) is 8.42 Å². The van der Waals surface area contributed by atoms with E-state index in [1.165, 1.54) is 31.6 Å². The summed E-state index contributed by atoms with van der Waals surface area (Å²) in [5.74, 6) is 1.78. The maximum absolute atomic E-state index is 12.4. The average Bonchev–Trinajstić information content (AvgIpc) is 3.04. The molecule has 14 heteroatoms. The van der Waals surface area contributed by atoms with Crippen molar-refractivity contribution in [1.82, 2.24) is 20.2 Å². The van der Waals surface area contributed by atoms with Crippen molar-refractivity contribution in [3.8, 4) is 11.5 Å². The first-order chi connectivity index (χ1) is 21.5. The lowest BCUT2D eigenvalue weighted by molar-refractivity contribution is 0.209. The van der Waals surface area contributed by atoms with E-state index in [0.29, 0.717) is 40.7 Å². The highest BCUT2D eigenvalue weighted by molar-refractivity contribution is 7.92. The molecule has 1 fully saturated rings. The van der Waals surface area contributed by atoms with Gasteiger partial charge in [-0.25, -0.2) is 13.4 Å². The van der Waals surface area contributed by atoms with E-state index >= 15 is 0 Å². The minimum absolute atomic E-state index is 0.265. The van der Waals surface area contributed by atoms with Crippen molar-refractivity contribution < 1.29 is 17.9 Å². The Morgan fingerprint density at radius 3 is 2.42 bits per heavy atom. The molecule has 0 atom stereocenters. The highest BCUT2D eigenvalue weighted by atomic mass is 35.5. The largest absolute Gasteiger partial charge is 0.497 e. The molecule has 2 aromatic carbocycles. The predicted molar refractivity (Wildman–Crippen MR) is 184 cm³/mol. The van der Waals surface area contributed by atoms with Gasteiger partial charge in [-0.2, -0.15) is 4.98 Å². The van der Waals surface area contributed by atoms with Crippen molar-refractivity contribution >= 4 is 56.1 Å². The van der Waals surface area contributed by atoms with Crippen LogP contribution in [0.25, 0.3) is 0 Å². The van der Waals surface area contributed by atoms with Crippen LogP contribution in [0.5, 0.6) is 11.5 Å². The van der Waals surface area contributed by atoms with Crippen LogP contribution >= 0.6 is 11.6 Å². The predicted octanol–water partition coefficient (Wildman–Crippen LogP) is 4.71. The van der Waals surface area contributed by atoms with Gasteiger partial charge >= 0.3 is 0 Å². The molecule has 1 aromatic heterocycles. The highest BCUT2D eigenvalue weighted by Crippen LogP contribution is 2.38. The summed E-state index contributed by atoms with van der Waals surface area (Å²) in [7, 11) is 5.29. The molecule has 0 bridgehead atoms. The lowest BCUT2D eigenvalue weighted by Crippen LogP contribution is -2.45. The van der Waals surface area contributed by atoms with Crippen LogP contribution in [0.15, 0.2) is 36.5 Å². The van der Waals surface area contributed by atoms with Crippen LogP contribution in [-0.4, -0.2) is 97.1 Å². The van der Waals surface area contributed by atoms with E-state index in [2.05, 4.69) is 61.8 Å². The third-order valence-corrected chi connectivity index (χ3v) is 9.68. The van der Waals surface area contributed by atoms with Gasteiger partial charge in [-0.1, -0.05) is 18.5 Å². The number of piperidine rings is 1. The second-order valence-corrected chi connectivity index (χ2v) is 13.5. The highest BCUT2D eigenvalue weighted by Gasteiger charge is 2.25. The molecule has 1 saturated heterocycles. The van der Waals surface area contributed by atoms with Gasteiger partial charge in [-0.15, -0.1) is 0 Å². The fourth-order valence-corrected chi connectivity index (χ4v) is 6.07. The molecule has 0 aliphatic carbocycles. The molecule has 0 saturated carbocycles. The molecular weight excluding hydrogens is 616 g/mol. The Labute approximate surface area is 272 Å². The number of hydrogen-bond acceptors (Lipinski definition) is 11. The summed E-state index contributed by atoms with van der Waals surface area (Å²) in [6.45, 7) is 6.14. The topological polar surface area (TPSA) is 124 Å². The van der Waals surface area contributed by atoms with E-state index < -0.39 is 10.0 Å². The zero-order chi connectivity index (χ0) is 32.7. The molecule has 4 rings (SSSR count). The van der Waals surface area contributed by atoms with Crippen LogP contribution in [0, 0.1) is 0 Å². The number of methoxy groups -OCH3 is 2.